The molecule has 1 aliphatic rings. The second kappa shape index (κ2) is 11.2. The lowest BCUT2D eigenvalue weighted by Crippen LogP contribution is -2.45. The Morgan fingerprint density at radius 1 is 1.05 bits per heavy atom. The van der Waals surface area contributed by atoms with Crippen molar-refractivity contribution in [2.24, 2.45) is 0 Å². The highest BCUT2D eigenvalue weighted by Crippen LogP contribution is 2.41. The summed E-state index contributed by atoms with van der Waals surface area (Å²) in [6.07, 6.45) is 5.72. The molecule has 1 aromatic heterocycles. The number of anilines is 2. The molecule has 0 radical (unpaired) electrons. The Labute approximate surface area is 221 Å². The summed E-state index contributed by atoms with van der Waals surface area (Å²) in [5.74, 6) is 0.154. The number of nitrogens with zero attached hydrogens (tertiary/aromatic N) is 4. The van der Waals surface area contributed by atoms with Crippen LogP contribution in [0.2, 0.25) is 5.02 Å². The van der Waals surface area contributed by atoms with E-state index in [1.165, 1.54) is 17.0 Å². The molecule has 37 heavy (non-hydrogen) atoms. The number of hydrogen-bond donors (Lipinski definition) is 1. The predicted octanol–water partition coefficient (Wildman–Crippen LogP) is 5.52. The third-order valence-electron chi connectivity index (χ3n) is 6.05. The van der Waals surface area contributed by atoms with Crippen LogP contribution in [-0.4, -0.2) is 60.8 Å². The molecule has 1 unspecified atom stereocenters. The van der Waals surface area contributed by atoms with Crippen LogP contribution in [0.15, 0.2) is 61.1 Å². The van der Waals surface area contributed by atoms with Crippen molar-refractivity contribution in [1.82, 2.24) is 9.88 Å². The Balaban J connectivity index is 1.70. The van der Waals surface area contributed by atoms with Gasteiger partial charge in [-0.2, -0.15) is 0 Å². The van der Waals surface area contributed by atoms with Crippen LogP contribution in [0.1, 0.15) is 13.8 Å². The molecule has 1 amide bonds. The van der Waals surface area contributed by atoms with Crippen molar-refractivity contribution in [3.63, 3.8) is 0 Å². The third-order valence-corrected chi connectivity index (χ3v) is 6.35. The maximum atomic E-state index is 14.8. The molecule has 0 aliphatic carbocycles. The zero-order valence-electron chi connectivity index (χ0n) is 21.2. The Bertz CT molecular complexity index is 1310. The number of phenols is 1. The summed E-state index contributed by atoms with van der Waals surface area (Å²) in [6.45, 7) is 5.40. The van der Waals surface area contributed by atoms with Gasteiger partial charge in [-0.1, -0.05) is 17.7 Å². The van der Waals surface area contributed by atoms with Crippen LogP contribution in [0, 0.1) is 5.82 Å². The van der Waals surface area contributed by atoms with E-state index in [0.29, 0.717) is 41.9 Å². The molecule has 2 aromatic carbocycles. The van der Waals surface area contributed by atoms with Crippen molar-refractivity contribution < 1.29 is 19.0 Å². The van der Waals surface area contributed by atoms with Crippen molar-refractivity contribution >= 4 is 29.5 Å². The molecule has 2 heterocycles. The van der Waals surface area contributed by atoms with Crippen molar-refractivity contribution in [3.05, 3.63) is 71.9 Å². The fourth-order valence-electron chi connectivity index (χ4n) is 4.42. The van der Waals surface area contributed by atoms with E-state index in [4.69, 9.17) is 16.3 Å². The highest BCUT2D eigenvalue weighted by molar-refractivity contribution is 6.34. The third kappa shape index (κ3) is 6.03. The molecule has 4 rings (SSSR count). The van der Waals surface area contributed by atoms with E-state index < -0.39 is 5.82 Å². The Hall–Kier alpha value is -3.62. The molecule has 194 valence electrons. The van der Waals surface area contributed by atoms with E-state index >= 15 is 0 Å². The van der Waals surface area contributed by atoms with Crippen LogP contribution < -0.4 is 9.80 Å². The first kappa shape index (κ1) is 26.4. The number of aromatic nitrogens is 1. The SMILES string of the molecule is CC1CN(c2cc(-c3cc(F)cc(-c4ccc(N(C=O)/C=C\N(C)C)c(Cl)c4)c3O)ccn2)C[C@@H](C)O1. The smallest absolute Gasteiger partial charge is 0.218 e. The number of ether oxygens (including phenoxy) is 1. The molecule has 1 aliphatic heterocycles. The van der Waals surface area contributed by atoms with Gasteiger partial charge >= 0.3 is 0 Å². The fourth-order valence-corrected chi connectivity index (χ4v) is 4.70. The molecule has 0 spiro atoms. The van der Waals surface area contributed by atoms with Crippen LogP contribution in [0.4, 0.5) is 15.9 Å². The Kier molecular flexibility index (Phi) is 8.00. The van der Waals surface area contributed by atoms with E-state index in [1.54, 1.807) is 47.8 Å². The number of rotatable bonds is 7. The summed E-state index contributed by atoms with van der Waals surface area (Å²) < 4.78 is 20.6. The standard InChI is InChI=1S/C28H30ClFN4O3/c1-18-15-34(16-19(2)37-18)27-12-21(7-8-31-27)24-14-22(30)13-23(28(24)36)20-5-6-26(25(29)11-20)33(17-35)10-9-32(3)4/h5-14,17-19,36H,15-16H2,1-4H3/b10-9-/t18-,19?/m1/s1. The van der Waals surface area contributed by atoms with Gasteiger partial charge in [-0.05, 0) is 61.4 Å². The maximum Gasteiger partial charge on any atom is 0.218 e. The number of carbonyl (C=O) groups is 1. The predicted molar refractivity (Wildman–Crippen MR) is 145 cm³/mol. The molecular weight excluding hydrogens is 495 g/mol. The maximum absolute atomic E-state index is 14.8. The van der Waals surface area contributed by atoms with E-state index in [-0.39, 0.29) is 28.5 Å². The Morgan fingerprint density at radius 3 is 2.30 bits per heavy atom. The molecule has 9 heteroatoms. The number of hydrogen-bond acceptors (Lipinski definition) is 6. The van der Waals surface area contributed by atoms with Gasteiger partial charge in [0.25, 0.3) is 0 Å². The van der Waals surface area contributed by atoms with Crippen molar-refractivity contribution in [3.8, 4) is 28.0 Å². The first-order valence-electron chi connectivity index (χ1n) is 11.9. The average molecular weight is 525 g/mol. The van der Waals surface area contributed by atoms with Gasteiger partial charge in [-0.3, -0.25) is 9.69 Å². The second-order valence-electron chi connectivity index (χ2n) is 9.36. The second-order valence-corrected chi connectivity index (χ2v) is 9.76. The lowest BCUT2D eigenvalue weighted by molar-refractivity contribution is -0.107. The summed E-state index contributed by atoms with van der Waals surface area (Å²) in [6, 6.07) is 11.1. The number of benzene rings is 2. The van der Waals surface area contributed by atoms with E-state index in [0.717, 1.165) is 5.82 Å². The van der Waals surface area contributed by atoms with Crippen molar-refractivity contribution in [2.75, 3.05) is 37.0 Å². The quantitative estimate of drug-likeness (QED) is 0.410. The summed E-state index contributed by atoms with van der Waals surface area (Å²) in [5, 5.41) is 11.5. The fraction of sp³-hybridized carbons (Fsp3) is 0.286. The van der Waals surface area contributed by atoms with Crippen molar-refractivity contribution in [2.45, 2.75) is 26.1 Å². The van der Waals surface area contributed by atoms with Crippen LogP contribution >= 0.6 is 11.6 Å². The van der Waals surface area contributed by atoms with Gasteiger partial charge in [0.1, 0.15) is 17.4 Å². The monoisotopic (exact) mass is 524 g/mol. The van der Waals surface area contributed by atoms with Crippen LogP contribution in [0.5, 0.6) is 5.75 Å². The van der Waals surface area contributed by atoms with Gasteiger partial charge in [0, 0.05) is 56.9 Å². The van der Waals surface area contributed by atoms with Gasteiger partial charge < -0.3 is 19.6 Å². The summed E-state index contributed by atoms with van der Waals surface area (Å²) >= 11 is 6.50. The van der Waals surface area contributed by atoms with Crippen LogP contribution in [0.3, 0.4) is 0 Å². The summed E-state index contributed by atoms with van der Waals surface area (Å²) in [5.41, 5.74) is 2.24. The number of aromatic hydroxyl groups is 1. The number of phenolic OH excluding ortho intramolecular Hbond substituents is 1. The molecular formula is C28H30ClFN4O3. The van der Waals surface area contributed by atoms with Gasteiger partial charge in [0.15, 0.2) is 0 Å². The normalized spacial score (nSPS) is 17.7. The molecule has 1 fully saturated rings. The molecule has 0 bridgehead atoms. The largest absolute Gasteiger partial charge is 0.507 e. The van der Waals surface area contributed by atoms with Crippen LogP contribution in [0.25, 0.3) is 22.3 Å². The molecule has 1 saturated heterocycles. The number of amides is 1. The molecule has 2 atom stereocenters. The first-order chi connectivity index (χ1) is 17.7. The summed E-state index contributed by atoms with van der Waals surface area (Å²) in [7, 11) is 3.67. The van der Waals surface area contributed by atoms with Gasteiger partial charge in [0.05, 0.1) is 22.9 Å². The Morgan fingerprint density at radius 2 is 1.70 bits per heavy atom. The zero-order valence-corrected chi connectivity index (χ0v) is 22.0. The minimum atomic E-state index is -0.501. The van der Waals surface area contributed by atoms with Gasteiger partial charge in [0.2, 0.25) is 6.41 Å². The number of morpholine rings is 1. The number of carbonyl (C=O) groups excluding carboxylic acids is 1. The molecule has 1 N–H and O–H groups in total. The lowest BCUT2D eigenvalue weighted by Gasteiger charge is -2.36. The van der Waals surface area contributed by atoms with Crippen LogP contribution in [-0.2, 0) is 9.53 Å². The minimum Gasteiger partial charge on any atom is -0.507 e. The first-order valence-corrected chi connectivity index (χ1v) is 12.3. The number of pyridine rings is 1. The van der Waals surface area contributed by atoms with Gasteiger partial charge in [-0.15, -0.1) is 0 Å². The molecule has 3 aromatic rings. The molecule has 0 saturated carbocycles. The van der Waals surface area contributed by atoms with Gasteiger partial charge in [-0.25, -0.2) is 9.37 Å². The minimum absolute atomic E-state index is 0.0598. The highest BCUT2D eigenvalue weighted by Gasteiger charge is 2.24. The highest BCUT2D eigenvalue weighted by atomic mass is 35.5. The number of halogens is 2. The average Bonchev–Trinajstić information content (AvgIpc) is 2.85. The lowest BCUT2D eigenvalue weighted by atomic mass is 9.97. The van der Waals surface area contributed by atoms with Crippen molar-refractivity contribution in [1.29, 1.82) is 0 Å². The topological polar surface area (TPSA) is 69.1 Å². The summed E-state index contributed by atoms with van der Waals surface area (Å²) in [4.78, 5) is 21.3. The van der Waals surface area contributed by atoms with E-state index in [9.17, 15) is 14.3 Å². The van der Waals surface area contributed by atoms with E-state index in [1.807, 2.05) is 34.0 Å². The zero-order chi connectivity index (χ0) is 26.7. The molecule has 7 nitrogen and oxygen atoms in total. The van der Waals surface area contributed by atoms with E-state index in [2.05, 4.69) is 9.88 Å².